The molecule has 5 heteroatoms. The van der Waals surface area contributed by atoms with Gasteiger partial charge in [0.1, 0.15) is 0 Å². The third kappa shape index (κ3) is 1.06. The van der Waals surface area contributed by atoms with Crippen LogP contribution < -0.4 is 11.1 Å². The van der Waals surface area contributed by atoms with Crippen molar-refractivity contribution >= 4 is 5.97 Å². The van der Waals surface area contributed by atoms with Crippen molar-refractivity contribution in [1.82, 2.24) is 4.57 Å². The summed E-state index contributed by atoms with van der Waals surface area (Å²) >= 11 is 0. The average Bonchev–Trinajstić information content (AvgIpc) is 2.75. The summed E-state index contributed by atoms with van der Waals surface area (Å²) in [4.78, 5) is 32.3. The molecule has 0 aliphatic heterocycles. The minimum Gasteiger partial charge on any atom is -0.478 e. The second-order valence-electron chi connectivity index (χ2n) is 2.77. The van der Waals surface area contributed by atoms with Crippen molar-refractivity contribution in [3.8, 4) is 5.69 Å². The second-order valence-corrected chi connectivity index (χ2v) is 2.77. The summed E-state index contributed by atoms with van der Waals surface area (Å²) in [5.74, 6) is -1.16. The van der Waals surface area contributed by atoms with E-state index in [0.29, 0.717) is 0 Å². The van der Waals surface area contributed by atoms with Crippen LogP contribution in [0.5, 0.6) is 0 Å². The lowest BCUT2D eigenvalue weighted by molar-refractivity contribution is 0.0697. The van der Waals surface area contributed by atoms with Gasteiger partial charge in [0, 0.05) is 0 Å². The van der Waals surface area contributed by atoms with E-state index in [-0.39, 0.29) is 11.3 Å². The molecule has 0 aliphatic carbocycles. The first-order chi connectivity index (χ1) is 6.63. The number of carboxylic acid groups (broad SMARTS) is 1. The zero-order chi connectivity index (χ0) is 10.3. The predicted molar refractivity (Wildman–Crippen MR) is 47.6 cm³/mol. The molecule has 0 atom stereocenters. The lowest BCUT2D eigenvalue weighted by Crippen LogP contribution is -2.04. The molecule has 14 heavy (non-hydrogen) atoms. The summed E-state index contributed by atoms with van der Waals surface area (Å²) in [6.45, 7) is 0. The molecule has 0 saturated carbocycles. The van der Waals surface area contributed by atoms with Gasteiger partial charge in [-0.1, -0.05) is 12.1 Å². The summed E-state index contributed by atoms with van der Waals surface area (Å²) in [5.41, 5.74) is -1.25. The number of carboxylic acids is 1. The first kappa shape index (κ1) is 8.43. The van der Waals surface area contributed by atoms with Gasteiger partial charge >= 0.3 is 17.1 Å². The highest BCUT2D eigenvalue weighted by atomic mass is 16.4. The van der Waals surface area contributed by atoms with Gasteiger partial charge in [-0.25, -0.2) is 9.36 Å². The molecular formula is C9H5NO4. The van der Waals surface area contributed by atoms with Gasteiger partial charge < -0.3 is 5.11 Å². The highest BCUT2D eigenvalue weighted by Crippen LogP contribution is 2.11. The number of rotatable bonds is 2. The SMILES string of the molecule is O=C(O)c1ccccc1-n1c(=O)c1=O. The molecule has 1 N–H and O–H groups in total. The van der Waals surface area contributed by atoms with Crippen molar-refractivity contribution < 1.29 is 9.90 Å². The van der Waals surface area contributed by atoms with Crippen LogP contribution in [0.15, 0.2) is 33.9 Å². The van der Waals surface area contributed by atoms with E-state index in [1.54, 1.807) is 6.07 Å². The lowest BCUT2D eigenvalue weighted by Gasteiger charge is -1.99. The van der Waals surface area contributed by atoms with Crippen molar-refractivity contribution in [3.05, 3.63) is 50.5 Å². The Balaban J connectivity index is 2.65. The molecule has 1 heterocycles. The molecule has 0 spiro atoms. The maximum absolute atomic E-state index is 10.8. The number of benzene rings is 1. The lowest BCUT2D eigenvalue weighted by atomic mass is 10.2. The van der Waals surface area contributed by atoms with Crippen LogP contribution in [0, 0.1) is 0 Å². The average molecular weight is 191 g/mol. The molecule has 0 fully saturated rings. The van der Waals surface area contributed by atoms with E-state index in [9.17, 15) is 14.4 Å². The number of para-hydroxylation sites is 1. The topological polar surface area (TPSA) is 76.4 Å². The predicted octanol–water partition coefficient (Wildman–Crippen LogP) is -0.229. The Morgan fingerprint density at radius 2 is 1.71 bits per heavy atom. The van der Waals surface area contributed by atoms with E-state index in [1.807, 2.05) is 0 Å². The van der Waals surface area contributed by atoms with Gasteiger partial charge in [0.15, 0.2) is 0 Å². The van der Waals surface area contributed by atoms with Crippen LogP contribution in [0.3, 0.4) is 0 Å². The summed E-state index contributed by atoms with van der Waals surface area (Å²) in [7, 11) is 0. The molecule has 5 nitrogen and oxygen atoms in total. The Kier molecular flexibility index (Phi) is 1.60. The van der Waals surface area contributed by atoms with Crippen LogP contribution in [0.25, 0.3) is 5.69 Å². The molecule has 0 unspecified atom stereocenters. The molecule has 0 saturated heterocycles. The van der Waals surface area contributed by atoms with Gasteiger partial charge in [-0.3, -0.25) is 9.59 Å². The maximum Gasteiger partial charge on any atom is 0.337 e. The zero-order valence-corrected chi connectivity index (χ0v) is 6.93. The smallest absolute Gasteiger partial charge is 0.337 e. The Morgan fingerprint density at radius 3 is 2.21 bits per heavy atom. The van der Waals surface area contributed by atoms with Crippen LogP contribution in [-0.4, -0.2) is 15.6 Å². The summed E-state index contributed by atoms with van der Waals surface area (Å²) < 4.78 is 0.837. The molecule has 0 radical (unpaired) electrons. The third-order valence-corrected chi connectivity index (χ3v) is 1.91. The number of aromatic carboxylic acids is 1. The normalized spacial score (nSPS) is 10.6. The number of carbonyl (C=O) groups is 1. The monoisotopic (exact) mass is 191 g/mol. The van der Waals surface area contributed by atoms with Gasteiger partial charge in [-0.15, -0.1) is 0 Å². The zero-order valence-electron chi connectivity index (χ0n) is 6.93. The fourth-order valence-electron chi connectivity index (χ4n) is 1.20. The van der Waals surface area contributed by atoms with Gasteiger partial charge in [-0.05, 0) is 12.1 Å². The maximum atomic E-state index is 10.8. The number of nitrogens with zero attached hydrogens (tertiary/aromatic N) is 1. The van der Waals surface area contributed by atoms with Crippen molar-refractivity contribution in [2.24, 2.45) is 0 Å². The number of aromatic nitrogens is 1. The Morgan fingerprint density at radius 1 is 1.14 bits per heavy atom. The molecule has 2 aromatic rings. The minimum atomic E-state index is -1.16. The molecule has 1 aromatic carbocycles. The van der Waals surface area contributed by atoms with Crippen LogP contribution in [0.1, 0.15) is 10.4 Å². The van der Waals surface area contributed by atoms with E-state index < -0.39 is 17.1 Å². The van der Waals surface area contributed by atoms with Crippen LogP contribution in [0.2, 0.25) is 0 Å². The van der Waals surface area contributed by atoms with Gasteiger partial charge in [0.25, 0.3) is 0 Å². The van der Waals surface area contributed by atoms with Crippen molar-refractivity contribution in [2.75, 3.05) is 0 Å². The van der Waals surface area contributed by atoms with Crippen LogP contribution in [-0.2, 0) is 0 Å². The molecule has 2 rings (SSSR count). The Bertz CT molecular complexity index is 549. The first-order valence-electron chi connectivity index (χ1n) is 3.83. The fraction of sp³-hybridized carbons (Fsp3) is 0. The molecule has 0 bridgehead atoms. The quantitative estimate of drug-likeness (QED) is 0.665. The van der Waals surface area contributed by atoms with Crippen LogP contribution in [0.4, 0.5) is 0 Å². The highest BCUT2D eigenvalue weighted by molar-refractivity contribution is 5.92. The minimum absolute atomic E-state index is 0.0494. The fourth-order valence-corrected chi connectivity index (χ4v) is 1.20. The molecular weight excluding hydrogens is 186 g/mol. The number of hydrogen-bond donors (Lipinski definition) is 1. The van der Waals surface area contributed by atoms with E-state index in [2.05, 4.69) is 0 Å². The highest BCUT2D eigenvalue weighted by Gasteiger charge is 2.22. The standard InChI is InChI=1S/C9H5NO4/c11-7-8(12)10(7)6-4-2-1-3-5(6)9(13)14/h1-4H,(H,13,14). The van der Waals surface area contributed by atoms with Gasteiger partial charge in [-0.2, -0.15) is 0 Å². The van der Waals surface area contributed by atoms with Crippen molar-refractivity contribution in [1.29, 1.82) is 0 Å². The first-order valence-corrected chi connectivity index (χ1v) is 3.83. The summed E-state index contributed by atoms with van der Waals surface area (Å²) in [5, 5.41) is 8.77. The van der Waals surface area contributed by atoms with Crippen LogP contribution >= 0.6 is 0 Å². The Labute approximate surface area is 77.5 Å². The molecule has 70 valence electrons. The van der Waals surface area contributed by atoms with E-state index in [1.165, 1.54) is 18.2 Å². The van der Waals surface area contributed by atoms with Gasteiger partial charge in [0.05, 0.1) is 11.3 Å². The van der Waals surface area contributed by atoms with Crippen molar-refractivity contribution in [2.45, 2.75) is 0 Å². The summed E-state index contributed by atoms with van der Waals surface area (Å²) in [6.07, 6.45) is 0. The molecule has 1 aromatic heterocycles. The molecule has 0 amide bonds. The third-order valence-electron chi connectivity index (χ3n) is 1.91. The summed E-state index contributed by atoms with van der Waals surface area (Å²) in [6, 6.07) is 5.87. The van der Waals surface area contributed by atoms with Gasteiger partial charge in [0.2, 0.25) is 0 Å². The Hall–Kier alpha value is -2.17. The number of hydrogen-bond acceptors (Lipinski definition) is 3. The van der Waals surface area contributed by atoms with E-state index in [4.69, 9.17) is 5.11 Å². The van der Waals surface area contributed by atoms with E-state index in [0.717, 1.165) is 4.57 Å². The largest absolute Gasteiger partial charge is 0.478 e. The van der Waals surface area contributed by atoms with Crippen molar-refractivity contribution in [3.63, 3.8) is 0 Å². The van der Waals surface area contributed by atoms with E-state index >= 15 is 0 Å². The second kappa shape index (κ2) is 2.66. The molecule has 0 aliphatic rings.